The van der Waals surface area contributed by atoms with Crippen LogP contribution < -0.4 is 0 Å². The van der Waals surface area contributed by atoms with E-state index in [9.17, 15) is 13.2 Å². The monoisotopic (exact) mass is 658 g/mol. The van der Waals surface area contributed by atoms with Crippen LogP contribution in [0.3, 0.4) is 0 Å². The van der Waals surface area contributed by atoms with Crippen molar-refractivity contribution in [2.24, 2.45) is 27.7 Å². The summed E-state index contributed by atoms with van der Waals surface area (Å²) in [6.45, 7) is 7.28. The molecule has 0 aliphatic carbocycles. The smallest absolute Gasteiger partial charge is 0.416 e. The van der Waals surface area contributed by atoms with E-state index in [0.717, 1.165) is 46.3 Å². The van der Waals surface area contributed by atoms with Gasteiger partial charge >= 0.3 is 6.18 Å². The van der Waals surface area contributed by atoms with Gasteiger partial charge in [-0.2, -0.15) is 13.2 Å². The van der Waals surface area contributed by atoms with Gasteiger partial charge in [-0.3, -0.25) is 4.98 Å². The van der Waals surface area contributed by atoms with Gasteiger partial charge in [0.2, 0.25) is 0 Å². The maximum Gasteiger partial charge on any atom is 0.416 e. The molecule has 3 heterocycles. The molecule has 0 fully saturated rings. The van der Waals surface area contributed by atoms with Crippen LogP contribution in [0.15, 0.2) is 111 Å². The second-order valence-electron chi connectivity index (χ2n) is 9.23. The number of hydrogen-bond donors (Lipinski definition) is 0. The van der Waals surface area contributed by atoms with Gasteiger partial charge in [-0.1, -0.05) is 32.8 Å². The molecule has 4 rings (SSSR count). The first-order valence-corrected chi connectivity index (χ1v) is 13.9. The normalized spacial score (nSPS) is 11.9. The Morgan fingerprint density at radius 1 is 0.660 bits per heavy atom. The molecule has 47 heavy (non-hydrogen) atoms. The summed E-state index contributed by atoms with van der Waals surface area (Å²) in [5.74, 6) is 0.738. The molecular formula is C33H41F3N6O5. The van der Waals surface area contributed by atoms with Crippen molar-refractivity contribution in [2.75, 3.05) is 28.4 Å². The number of aryl methyl sites for hydroxylation is 1. The highest BCUT2D eigenvalue weighted by atomic mass is 19.4. The minimum Gasteiger partial charge on any atom is -0.463 e. The van der Waals surface area contributed by atoms with Gasteiger partial charge in [0.15, 0.2) is 5.76 Å². The van der Waals surface area contributed by atoms with Crippen molar-refractivity contribution in [1.82, 2.24) is 9.55 Å². The van der Waals surface area contributed by atoms with Gasteiger partial charge in [-0.25, -0.2) is 0 Å². The standard InChI is InChI=1S/C10H10F3NO.C8H12N2O.C8H10N2O.C7H9NO2/c1-7(14-15-2)8-3-5-9(6-4-8)10(11,12)13;1-7(9-11-3)8-5-4-6-10(8)2;1-7(10-11-2)8-3-5-9-6-4-8;1-6(8-9-2)7-4-3-5-10-7/h3-6H,1-2H3;4-6H,1-3H3;3-6H,1-2H3;3-5H,1-2H3. The summed E-state index contributed by atoms with van der Waals surface area (Å²) in [6, 6.07) is 16.1. The average Bonchev–Trinajstić information content (AvgIpc) is 3.75. The molecule has 0 N–H and O–H groups in total. The summed E-state index contributed by atoms with van der Waals surface area (Å²) in [4.78, 5) is 22.3. The number of oxime groups is 4. The van der Waals surface area contributed by atoms with Crippen molar-refractivity contribution >= 4 is 22.8 Å². The summed E-state index contributed by atoms with van der Waals surface area (Å²) in [5.41, 5.74) is 5.06. The molecule has 11 nitrogen and oxygen atoms in total. The number of hydrogen-bond acceptors (Lipinski definition) is 10. The van der Waals surface area contributed by atoms with Gasteiger partial charge in [-0.15, -0.1) is 0 Å². The van der Waals surface area contributed by atoms with Crippen molar-refractivity contribution in [3.8, 4) is 0 Å². The Morgan fingerprint density at radius 3 is 1.57 bits per heavy atom. The fourth-order valence-corrected chi connectivity index (χ4v) is 3.56. The van der Waals surface area contributed by atoms with Crippen LogP contribution >= 0.6 is 0 Å². The zero-order valence-corrected chi connectivity index (χ0v) is 27.9. The van der Waals surface area contributed by atoms with Crippen LogP contribution in [0.2, 0.25) is 0 Å². The van der Waals surface area contributed by atoms with E-state index in [1.54, 1.807) is 32.7 Å². The molecule has 0 unspecified atom stereocenters. The van der Waals surface area contributed by atoms with Crippen molar-refractivity contribution in [3.05, 3.63) is 114 Å². The first-order valence-electron chi connectivity index (χ1n) is 13.9. The minimum absolute atomic E-state index is 0.534. The van der Waals surface area contributed by atoms with E-state index >= 15 is 0 Å². The topological polar surface area (TPSA) is 117 Å². The molecule has 0 aliphatic rings. The molecule has 0 radical (unpaired) electrons. The van der Waals surface area contributed by atoms with Crippen LogP contribution in [0.25, 0.3) is 0 Å². The molecular weight excluding hydrogens is 617 g/mol. The molecule has 0 saturated carbocycles. The first kappa shape index (κ1) is 39.6. The maximum absolute atomic E-state index is 12.2. The van der Waals surface area contributed by atoms with Gasteiger partial charge in [0.1, 0.15) is 39.9 Å². The van der Waals surface area contributed by atoms with Crippen LogP contribution in [0.1, 0.15) is 55.8 Å². The van der Waals surface area contributed by atoms with Crippen molar-refractivity contribution in [3.63, 3.8) is 0 Å². The van der Waals surface area contributed by atoms with Crippen LogP contribution in [-0.4, -0.2) is 60.8 Å². The number of halogens is 3. The second-order valence-corrected chi connectivity index (χ2v) is 9.23. The Hall–Kier alpha value is -5.40. The Balaban J connectivity index is 0.000000317. The van der Waals surface area contributed by atoms with E-state index in [1.165, 1.54) is 33.5 Å². The number of pyridine rings is 1. The molecule has 0 spiro atoms. The zero-order chi connectivity index (χ0) is 35.2. The summed E-state index contributed by atoms with van der Waals surface area (Å²) >= 11 is 0. The molecule has 14 heteroatoms. The molecule has 4 aromatic rings. The number of furan rings is 1. The molecule has 1 aromatic carbocycles. The van der Waals surface area contributed by atoms with Crippen molar-refractivity contribution in [2.45, 2.75) is 33.9 Å². The quantitative estimate of drug-likeness (QED) is 0.142. The molecule has 0 amide bonds. The van der Waals surface area contributed by atoms with Gasteiger partial charge in [0.25, 0.3) is 0 Å². The molecule has 0 aliphatic heterocycles. The number of nitrogens with zero attached hydrogens (tertiary/aromatic N) is 6. The Bertz CT molecular complexity index is 1550. The van der Waals surface area contributed by atoms with Crippen LogP contribution in [0.5, 0.6) is 0 Å². The maximum atomic E-state index is 12.2. The molecule has 0 saturated heterocycles. The minimum atomic E-state index is -4.30. The Kier molecular flexibility index (Phi) is 18.0. The first-order chi connectivity index (χ1) is 22.4. The van der Waals surface area contributed by atoms with E-state index in [2.05, 4.69) is 45.0 Å². The second kappa shape index (κ2) is 21.4. The number of benzene rings is 1. The van der Waals surface area contributed by atoms with Crippen molar-refractivity contribution in [1.29, 1.82) is 0 Å². The van der Waals surface area contributed by atoms with Gasteiger partial charge in [0.05, 0.1) is 28.9 Å². The third-order valence-electron chi connectivity index (χ3n) is 5.83. The Morgan fingerprint density at radius 2 is 1.15 bits per heavy atom. The molecule has 3 aromatic heterocycles. The zero-order valence-electron chi connectivity index (χ0n) is 27.9. The Labute approximate surface area is 273 Å². The van der Waals surface area contributed by atoms with E-state index in [0.29, 0.717) is 11.3 Å². The highest BCUT2D eigenvalue weighted by molar-refractivity contribution is 5.99. The fraction of sp³-hybridized carbons (Fsp3) is 0.303. The van der Waals surface area contributed by atoms with E-state index < -0.39 is 11.7 Å². The lowest BCUT2D eigenvalue weighted by atomic mass is 10.1. The van der Waals surface area contributed by atoms with E-state index in [1.807, 2.05) is 75.0 Å². The highest BCUT2D eigenvalue weighted by Gasteiger charge is 2.30. The number of rotatable bonds is 8. The predicted octanol–water partition coefficient (Wildman–Crippen LogP) is 7.57. The van der Waals surface area contributed by atoms with E-state index in [-0.39, 0.29) is 0 Å². The largest absolute Gasteiger partial charge is 0.463 e. The van der Waals surface area contributed by atoms with Crippen LogP contribution in [0.4, 0.5) is 13.2 Å². The third-order valence-corrected chi connectivity index (χ3v) is 5.83. The summed E-state index contributed by atoms with van der Waals surface area (Å²) < 4.78 is 43.7. The van der Waals surface area contributed by atoms with E-state index in [4.69, 9.17) is 4.42 Å². The summed E-state index contributed by atoms with van der Waals surface area (Å²) in [6.07, 6.45) is 2.73. The van der Waals surface area contributed by atoms with Crippen LogP contribution in [0, 0.1) is 0 Å². The van der Waals surface area contributed by atoms with Crippen molar-refractivity contribution < 1.29 is 36.9 Å². The summed E-state index contributed by atoms with van der Waals surface area (Å²) in [5, 5.41) is 14.9. The predicted molar refractivity (Wildman–Crippen MR) is 177 cm³/mol. The lowest BCUT2D eigenvalue weighted by Crippen LogP contribution is -2.05. The van der Waals surface area contributed by atoms with Gasteiger partial charge in [-0.05, 0) is 81.8 Å². The van der Waals surface area contributed by atoms with Gasteiger partial charge < -0.3 is 28.3 Å². The highest BCUT2D eigenvalue weighted by Crippen LogP contribution is 2.29. The number of aromatic nitrogens is 2. The number of alkyl halides is 3. The van der Waals surface area contributed by atoms with Crippen LogP contribution in [-0.2, 0) is 32.6 Å². The fourth-order valence-electron chi connectivity index (χ4n) is 3.56. The average molecular weight is 659 g/mol. The third kappa shape index (κ3) is 15.0. The lowest BCUT2D eigenvalue weighted by molar-refractivity contribution is -0.137. The molecule has 254 valence electrons. The van der Waals surface area contributed by atoms with Gasteiger partial charge in [0, 0.05) is 31.2 Å². The lowest BCUT2D eigenvalue weighted by Gasteiger charge is -2.06. The SMILES string of the molecule is CON=C(C)c1ccc(C(F)(F)F)cc1.CON=C(C)c1cccn1C.CON=C(C)c1ccco1.CON=C(C)c1ccncc1. The summed E-state index contributed by atoms with van der Waals surface area (Å²) in [7, 11) is 7.95. The molecule has 0 atom stereocenters. The molecule has 0 bridgehead atoms.